The molecule has 2 aromatic rings. The zero-order valence-electron chi connectivity index (χ0n) is 11.9. The van der Waals surface area contributed by atoms with Gasteiger partial charge in [0.15, 0.2) is 0 Å². The van der Waals surface area contributed by atoms with Gasteiger partial charge in [-0.05, 0) is 13.1 Å². The maximum Gasteiger partial charge on any atom is 0.143 e. The first-order valence-corrected chi connectivity index (χ1v) is 7.86. The van der Waals surface area contributed by atoms with Crippen LogP contribution in [0.15, 0.2) is 12.3 Å². The predicted molar refractivity (Wildman–Crippen MR) is 86.8 cm³/mol. The molecule has 0 bridgehead atoms. The molecular weight excluding hydrogens is 313 g/mol. The summed E-state index contributed by atoms with van der Waals surface area (Å²) in [5.74, 6) is 0. The fraction of sp³-hybridized carbons (Fsp3) is 0.429. The summed E-state index contributed by atoms with van der Waals surface area (Å²) in [5.41, 5.74) is 1.76. The molecule has 0 aliphatic heterocycles. The molecule has 6 heteroatoms. The van der Waals surface area contributed by atoms with Gasteiger partial charge in [0, 0.05) is 23.0 Å². The normalized spacial score (nSPS) is 11.9. The van der Waals surface area contributed by atoms with Crippen LogP contribution in [-0.4, -0.2) is 17.0 Å². The molecule has 0 saturated heterocycles. The molecular formula is C14H17Cl2N3S. The number of hydrogen-bond acceptors (Lipinski definition) is 4. The summed E-state index contributed by atoms with van der Waals surface area (Å²) in [6, 6.07) is 1.70. The highest BCUT2D eigenvalue weighted by atomic mass is 35.5. The first-order chi connectivity index (χ1) is 9.32. The van der Waals surface area contributed by atoms with Crippen LogP contribution in [0.3, 0.4) is 0 Å². The van der Waals surface area contributed by atoms with Crippen molar-refractivity contribution < 1.29 is 0 Å². The highest BCUT2D eigenvalue weighted by Crippen LogP contribution is 2.36. The van der Waals surface area contributed by atoms with Crippen molar-refractivity contribution in [3.63, 3.8) is 0 Å². The van der Waals surface area contributed by atoms with E-state index in [1.54, 1.807) is 23.6 Å². The van der Waals surface area contributed by atoms with Crippen molar-refractivity contribution in [2.24, 2.45) is 0 Å². The summed E-state index contributed by atoms with van der Waals surface area (Å²) in [5, 5.41) is 5.08. The Balaban J connectivity index is 2.53. The standard InChI is InChI=1S/C14H17Cl2N3S/c1-14(2,3)12-10(7-17-4)20-13(19-12)11-9(16)5-8(15)6-18-11/h5-6,17H,7H2,1-4H3. The second-order valence-electron chi connectivity index (χ2n) is 5.56. The molecule has 0 saturated carbocycles. The molecule has 20 heavy (non-hydrogen) atoms. The van der Waals surface area contributed by atoms with Crippen molar-refractivity contribution in [3.05, 3.63) is 32.9 Å². The molecule has 0 fully saturated rings. The van der Waals surface area contributed by atoms with E-state index in [0.717, 1.165) is 17.2 Å². The Hall–Kier alpha value is -0.680. The predicted octanol–water partition coefficient (Wildman–Crippen LogP) is 4.53. The van der Waals surface area contributed by atoms with Gasteiger partial charge in [-0.3, -0.25) is 4.98 Å². The van der Waals surface area contributed by atoms with E-state index in [1.165, 1.54) is 4.88 Å². The van der Waals surface area contributed by atoms with Crippen LogP contribution in [0.4, 0.5) is 0 Å². The molecule has 1 N–H and O–H groups in total. The lowest BCUT2D eigenvalue weighted by Gasteiger charge is -2.17. The van der Waals surface area contributed by atoms with E-state index in [-0.39, 0.29) is 5.41 Å². The van der Waals surface area contributed by atoms with Crippen LogP contribution < -0.4 is 5.32 Å². The maximum atomic E-state index is 6.22. The maximum absolute atomic E-state index is 6.22. The van der Waals surface area contributed by atoms with E-state index in [9.17, 15) is 0 Å². The number of nitrogens with one attached hydrogen (secondary N) is 1. The Morgan fingerprint density at radius 3 is 2.55 bits per heavy atom. The van der Waals surface area contributed by atoms with Gasteiger partial charge in [0.2, 0.25) is 0 Å². The smallest absolute Gasteiger partial charge is 0.143 e. The molecule has 0 aliphatic carbocycles. The molecule has 0 radical (unpaired) electrons. The highest BCUT2D eigenvalue weighted by Gasteiger charge is 2.24. The Morgan fingerprint density at radius 1 is 1.30 bits per heavy atom. The third kappa shape index (κ3) is 3.31. The van der Waals surface area contributed by atoms with E-state index in [4.69, 9.17) is 28.2 Å². The second kappa shape index (κ2) is 5.98. The van der Waals surface area contributed by atoms with Crippen molar-refractivity contribution in [1.29, 1.82) is 0 Å². The van der Waals surface area contributed by atoms with Gasteiger partial charge in [-0.25, -0.2) is 4.98 Å². The van der Waals surface area contributed by atoms with Gasteiger partial charge >= 0.3 is 0 Å². The lowest BCUT2D eigenvalue weighted by Crippen LogP contribution is -2.16. The molecule has 2 rings (SSSR count). The number of hydrogen-bond donors (Lipinski definition) is 1. The summed E-state index contributed by atoms with van der Waals surface area (Å²) in [4.78, 5) is 10.3. The summed E-state index contributed by atoms with van der Waals surface area (Å²) in [7, 11) is 1.93. The van der Waals surface area contributed by atoms with Crippen LogP contribution in [0.25, 0.3) is 10.7 Å². The van der Waals surface area contributed by atoms with Gasteiger partial charge in [0.05, 0.1) is 15.7 Å². The minimum Gasteiger partial charge on any atom is -0.315 e. The first-order valence-electron chi connectivity index (χ1n) is 6.29. The first kappa shape index (κ1) is 15.7. The molecule has 0 aliphatic rings. The van der Waals surface area contributed by atoms with Gasteiger partial charge in [0.1, 0.15) is 10.7 Å². The third-order valence-electron chi connectivity index (χ3n) is 2.76. The lowest BCUT2D eigenvalue weighted by atomic mass is 9.91. The fourth-order valence-electron chi connectivity index (χ4n) is 1.89. The van der Waals surface area contributed by atoms with Crippen LogP contribution in [0, 0.1) is 0 Å². The van der Waals surface area contributed by atoms with Crippen LogP contribution in [-0.2, 0) is 12.0 Å². The van der Waals surface area contributed by atoms with E-state index in [2.05, 4.69) is 31.1 Å². The van der Waals surface area contributed by atoms with E-state index < -0.39 is 0 Å². The summed E-state index contributed by atoms with van der Waals surface area (Å²) >= 11 is 13.7. The average molecular weight is 330 g/mol. The molecule has 0 spiro atoms. The quantitative estimate of drug-likeness (QED) is 0.898. The van der Waals surface area contributed by atoms with Crippen molar-refractivity contribution in [2.75, 3.05) is 7.05 Å². The Bertz CT molecular complexity index is 617. The molecule has 2 heterocycles. The molecule has 108 valence electrons. The minimum absolute atomic E-state index is 0.0141. The van der Waals surface area contributed by atoms with Gasteiger partial charge in [-0.1, -0.05) is 44.0 Å². The van der Waals surface area contributed by atoms with Gasteiger partial charge in [-0.15, -0.1) is 11.3 Å². The second-order valence-corrected chi connectivity index (χ2v) is 7.48. The topological polar surface area (TPSA) is 37.8 Å². The largest absolute Gasteiger partial charge is 0.315 e. The Morgan fingerprint density at radius 2 is 2.00 bits per heavy atom. The molecule has 0 unspecified atom stereocenters. The molecule has 0 amide bonds. The third-order valence-corrected chi connectivity index (χ3v) is 4.31. The molecule has 3 nitrogen and oxygen atoms in total. The van der Waals surface area contributed by atoms with Gasteiger partial charge in [-0.2, -0.15) is 0 Å². The van der Waals surface area contributed by atoms with E-state index in [1.807, 2.05) is 7.05 Å². The van der Waals surface area contributed by atoms with Crippen LogP contribution in [0.5, 0.6) is 0 Å². The van der Waals surface area contributed by atoms with E-state index in [0.29, 0.717) is 15.7 Å². The highest BCUT2D eigenvalue weighted by molar-refractivity contribution is 7.15. The van der Waals surface area contributed by atoms with Crippen molar-refractivity contribution in [1.82, 2.24) is 15.3 Å². The van der Waals surface area contributed by atoms with Crippen LogP contribution in [0.1, 0.15) is 31.3 Å². The minimum atomic E-state index is -0.0141. The summed E-state index contributed by atoms with van der Waals surface area (Å²) < 4.78 is 0. The van der Waals surface area contributed by atoms with Gasteiger partial charge in [0.25, 0.3) is 0 Å². The molecule has 2 aromatic heterocycles. The van der Waals surface area contributed by atoms with Crippen molar-refractivity contribution >= 4 is 34.5 Å². The number of rotatable bonds is 3. The van der Waals surface area contributed by atoms with E-state index >= 15 is 0 Å². The summed E-state index contributed by atoms with van der Waals surface area (Å²) in [6.45, 7) is 7.25. The summed E-state index contributed by atoms with van der Waals surface area (Å²) in [6.07, 6.45) is 1.60. The molecule has 0 aromatic carbocycles. The zero-order chi connectivity index (χ0) is 14.9. The number of thiazole rings is 1. The molecule has 0 atom stereocenters. The lowest BCUT2D eigenvalue weighted by molar-refractivity contribution is 0.563. The van der Waals surface area contributed by atoms with Crippen molar-refractivity contribution in [3.8, 4) is 10.7 Å². The SMILES string of the molecule is CNCc1sc(-c2ncc(Cl)cc2Cl)nc1C(C)(C)C. The zero-order valence-corrected chi connectivity index (χ0v) is 14.2. The van der Waals surface area contributed by atoms with Crippen LogP contribution in [0.2, 0.25) is 10.0 Å². The monoisotopic (exact) mass is 329 g/mol. The van der Waals surface area contributed by atoms with Crippen LogP contribution >= 0.6 is 34.5 Å². The number of aromatic nitrogens is 2. The Labute approximate surface area is 133 Å². The average Bonchev–Trinajstić information content (AvgIpc) is 2.73. The van der Waals surface area contributed by atoms with Crippen molar-refractivity contribution in [2.45, 2.75) is 32.7 Å². The van der Waals surface area contributed by atoms with Gasteiger partial charge < -0.3 is 5.32 Å². The fourth-order valence-corrected chi connectivity index (χ4v) is 3.71. The number of halogens is 2. The number of pyridine rings is 1. The number of nitrogens with zero attached hydrogens (tertiary/aromatic N) is 2. The Kier molecular flexibility index (Phi) is 4.69.